The molecule has 0 saturated heterocycles. The number of hydrogen-bond donors (Lipinski definition) is 0. The van der Waals surface area contributed by atoms with Crippen LogP contribution < -0.4 is 0 Å². The van der Waals surface area contributed by atoms with Gasteiger partial charge in [-0.05, 0) is 63.6 Å². The van der Waals surface area contributed by atoms with Crippen LogP contribution in [0.3, 0.4) is 0 Å². The van der Waals surface area contributed by atoms with Crippen LogP contribution in [0, 0.1) is 11.3 Å². The highest BCUT2D eigenvalue weighted by Gasteiger charge is 2.24. The summed E-state index contributed by atoms with van der Waals surface area (Å²) in [6, 6.07) is 26.5. The van der Waals surface area contributed by atoms with E-state index in [2.05, 4.69) is 114 Å². The SMILES string of the molecule is CC(C)(C)c1ccc(-c2cccc(-c3ccc(C(C)(C)C#N)cc3)c2C(C)(C)C)cc1. The van der Waals surface area contributed by atoms with E-state index in [0.29, 0.717) is 0 Å². The van der Waals surface area contributed by atoms with Gasteiger partial charge in [0.2, 0.25) is 0 Å². The lowest BCUT2D eigenvalue weighted by atomic mass is 9.76. The molecular formula is C30H35N. The van der Waals surface area contributed by atoms with E-state index in [0.717, 1.165) is 5.56 Å². The minimum absolute atomic E-state index is 0.0147. The van der Waals surface area contributed by atoms with Crippen molar-refractivity contribution in [2.45, 2.75) is 71.6 Å². The lowest BCUT2D eigenvalue weighted by molar-refractivity contribution is 0.589. The molecule has 0 atom stereocenters. The van der Waals surface area contributed by atoms with Gasteiger partial charge in [0.1, 0.15) is 0 Å². The predicted molar refractivity (Wildman–Crippen MR) is 133 cm³/mol. The van der Waals surface area contributed by atoms with Crippen molar-refractivity contribution < 1.29 is 0 Å². The number of nitriles is 1. The van der Waals surface area contributed by atoms with E-state index in [9.17, 15) is 5.26 Å². The lowest BCUT2D eigenvalue weighted by Gasteiger charge is -2.28. The molecule has 31 heavy (non-hydrogen) atoms. The van der Waals surface area contributed by atoms with E-state index in [1.54, 1.807) is 0 Å². The molecular weight excluding hydrogens is 374 g/mol. The van der Waals surface area contributed by atoms with Crippen molar-refractivity contribution in [3.05, 3.63) is 83.4 Å². The van der Waals surface area contributed by atoms with E-state index in [-0.39, 0.29) is 10.8 Å². The topological polar surface area (TPSA) is 23.8 Å². The summed E-state index contributed by atoms with van der Waals surface area (Å²) >= 11 is 0. The van der Waals surface area contributed by atoms with Gasteiger partial charge < -0.3 is 0 Å². The molecule has 0 aliphatic rings. The molecule has 3 rings (SSSR count). The molecule has 0 fully saturated rings. The average Bonchev–Trinajstić information content (AvgIpc) is 2.72. The summed E-state index contributed by atoms with van der Waals surface area (Å²) < 4.78 is 0. The molecule has 0 N–H and O–H groups in total. The van der Waals surface area contributed by atoms with Gasteiger partial charge in [-0.15, -0.1) is 0 Å². The van der Waals surface area contributed by atoms with Gasteiger partial charge in [-0.25, -0.2) is 0 Å². The quantitative estimate of drug-likeness (QED) is 0.426. The summed E-state index contributed by atoms with van der Waals surface area (Å²) in [7, 11) is 0. The first-order valence-corrected chi connectivity index (χ1v) is 11.1. The first-order chi connectivity index (χ1) is 14.3. The summed E-state index contributed by atoms with van der Waals surface area (Å²) in [5.74, 6) is 0. The number of nitrogens with zero attached hydrogens (tertiary/aromatic N) is 1. The Hall–Kier alpha value is -2.85. The van der Waals surface area contributed by atoms with E-state index < -0.39 is 5.41 Å². The molecule has 0 radical (unpaired) electrons. The molecule has 0 bridgehead atoms. The van der Waals surface area contributed by atoms with Crippen LogP contribution in [0.1, 0.15) is 72.1 Å². The Balaban J connectivity index is 2.15. The minimum atomic E-state index is -0.484. The van der Waals surface area contributed by atoms with Gasteiger partial charge in [0.25, 0.3) is 0 Å². The fourth-order valence-electron chi connectivity index (χ4n) is 4.12. The highest BCUT2D eigenvalue weighted by molar-refractivity contribution is 5.80. The van der Waals surface area contributed by atoms with Crippen molar-refractivity contribution in [1.29, 1.82) is 5.26 Å². The van der Waals surface area contributed by atoms with Gasteiger partial charge in [0.05, 0.1) is 11.5 Å². The second kappa shape index (κ2) is 8.01. The van der Waals surface area contributed by atoms with Gasteiger partial charge >= 0.3 is 0 Å². The Morgan fingerprint density at radius 1 is 0.548 bits per heavy atom. The highest BCUT2D eigenvalue weighted by atomic mass is 14.3. The molecule has 0 spiro atoms. The molecule has 0 heterocycles. The van der Waals surface area contributed by atoms with E-state index in [1.165, 1.54) is 33.4 Å². The highest BCUT2D eigenvalue weighted by Crippen LogP contribution is 2.41. The van der Waals surface area contributed by atoms with Crippen molar-refractivity contribution in [2.24, 2.45) is 0 Å². The summed E-state index contributed by atoms with van der Waals surface area (Å²) in [6.45, 7) is 17.5. The molecule has 0 aromatic heterocycles. The molecule has 1 heteroatoms. The second-order valence-corrected chi connectivity index (χ2v) is 11.1. The Morgan fingerprint density at radius 2 is 0.968 bits per heavy atom. The van der Waals surface area contributed by atoms with Gasteiger partial charge in [0, 0.05) is 0 Å². The molecule has 0 unspecified atom stereocenters. The van der Waals surface area contributed by atoms with Crippen LogP contribution in [0.25, 0.3) is 22.3 Å². The normalized spacial score (nSPS) is 12.5. The maximum atomic E-state index is 9.47. The van der Waals surface area contributed by atoms with Crippen LogP contribution in [-0.4, -0.2) is 0 Å². The van der Waals surface area contributed by atoms with Gasteiger partial charge in [-0.3, -0.25) is 0 Å². The molecule has 0 amide bonds. The number of rotatable bonds is 3. The Labute approximate surface area is 188 Å². The van der Waals surface area contributed by atoms with Gasteiger partial charge in [-0.1, -0.05) is 108 Å². The first kappa shape index (κ1) is 22.8. The van der Waals surface area contributed by atoms with Crippen molar-refractivity contribution in [1.82, 2.24) is 0 Å². The molecule has 0 saturated carbocycles. The van der Waals surface area contributed by atoms with Crippen LogP contribution in [0.15, 0.2) is 66.7 Å². The third-order valence-electron chi connectivity index (χ3n) is 6.07. The van der Waals surface area contributed by atoms with Crippen LogP contribution in [-0.2, 0) is 16.2 Å². The molecule has 0 aliphatic carbocycles. The van der Waals surface area contributed by atoms with Gasteiger partial charge in [0.15, 0.2) is 0 Å². The lowest BCUT2D eigenvalue weighted by Crippen LogP contribution is -2.15. The van der Waals surface area contributed by atoms with E-state index in [4.69, 9.17) is 0 Å². The monoisotopic (exact) mass is 409 g/mol. The van der Waals surface area contributed by atoms with Crippen molar-refractivity contribution in [2.75, 3.05) is 0 Å². The van der Waals surface area contributed by atoms with Crippen molar-refractivity contribution >= 4 is 0 Å². The van der Waals surface area contributed by atoms with Crippen LogP contribution >= 0.6 is 0 Å². The zero-order valence-corrected chi connectivity index (χ0v) is 20.3. The maximum Gasteiger partial charge on any atom is 0.0766 e. The fourth-order valence-corrected chi connectivity index (χ4v) is 4.12. The van der Waals surface area contributed by atoms with Crippen LogP contribution in [0.2, 0.25) is 0 Å². The van der Waals surface area contributed by atoms with E-state index in [1.807, 2.05) is 13.8 Å². The largest absolute Gasteiger partial charge is 0.197 e. The van der Waals surface area contributed by atoms with Crippen molar-refractivity contribution in [3.8, 4) is 28.3 Å². The smallest absolute Gasteiger partial charge is 0.0766 e. The fraction of sp³-hybridized carbons (Fsp3) is 0.367. The predicted octanol–water partition coefficient (Wildman–Crippen LogP) is 8.42. The summed E-state index contributed by atoms with van der Waals surface area (Å²) in [5, 5.41) is 9.47. The number of hydrogen-bond acceptors (Lipinski definition) is 1. The van der Waals surface area contributed by atoms with Crippen LogP contribution in [0.5, 0.6) is 0 Å². The molecule has 3 aromatic carbocycles. The molecule has 3 aromatic rings. The van der Waals surface area contributed by atoms with Crippen molar-refractivity contribution in [3.63, 3.8) is 0 Å². The average molecular weight is 410 g/mol. The summed E-state index contributed by atoms with van der Waals surface area (Å²) in [5.41, 5.74) is 8.37. The number of benzene rings is 3. The maximum absolute atomic E-state index is 9.47. The first-order valence-electron chi connectivity index (χ1n) is 11.1. The zero-order chi connectivity index (χ0) is 23.0. The van der Waals surface area contributed by atoms with Crippen LogP contribution in [0.4, 0.5) is 0 Å². The Morgan fingerprint density at radius 3 is 1.32 bits per heavy atom. The molecule has 1 nitrogen and oxygen atoms in total. The summed E-state index contributed by atoms with van der Waals surface area (Å²) in [6.07, 6.45) is 0. The Bertz CT molecular complexity index is 1090. The minimum Gasteiger partial charge on any atom is -0.197 e. The van der Waals surface area contributed by atoms with E-state index >= 15 is 0 Å². The summed E-state index contributed by atoms with van der Waals surface area (Å²) in [4.78, 5) is 0. The van der Waals surface area contributed by atoms with Gasteiger partial charge in [-0.2, -0.15) is 5.26 Å². The standard InChI is InChI=1S/C30H35N/c1-28(2,3)23-16-12-21(13-17-23)25-10-9-11-26(27(25)29(4,5)6)22-14-18-24(19-15-22)30(7,8)20-31/h9-19H,1-8H3. The third kappa shape index (κ3) is 4.75. The molecule has 0 aliphatic heterocycles. The molecule has 160 valence electrons. The Kier molecular flexibility index (Phi) is 5.90. The second-order valence-electron chi connectivity index (χ2n) is 11.1. The zero-order valence-electron chi connectivity index (χ0n) is 20.3. The third-order valence-corrected chi connectivity index (χ3v) is 6.07.